The average Bonchev–Trinajstić information content (AvgIpc) is 2.38. The molecule has 106 valence electrons. The first kappa shape index (κ1) is 15.5. The number of nitrogens with two attached hydrogens (primary N) is 1. The fourth-order valence-corrected chi connectivity index (χ4v) is 1.99. The third-order valence-electron chi connectivity index (χ3n) is 3.22. The number of carbonyl (C=O) groups excluding carboxylic acids is 1. The summed E-state index contributed by atoms with van der Waals surface area (Å²) in [5.41, 5.74) is 9.21. The Hall–Kier alpha value is -1.55. The van der Waals surface area contributed by atoms with Gasteiger partial charge in [0.2, 0.25) is 0 Å². The maximum absolute atomic E-state index is 12.5. The summed E-state index contributed by atoms with van der Waals surface area (Å²) in [4.78, 5) is 14.3. The van der Waals surface area contributed by atoms with Crippen LogP contribution in [0.3, 0.4) is 0 Å². The minimum Gasteiger partial charge on any atom is -0.398 e. The number of hydrogen-bond acceptors (Lipinski definition) is 3. The quantitative estimate of drug-likeness (QED) is 0.634. The Labute approximate surface area is 115 Å². The molecule has 0 atom stereocenters. The van der Waals surface area contributed by atoms with Gasteiger partial charge >= 0.3 is 0 Å². The lowest BCUT2D eigenvalue weighted by atomic mass is 10.0. The first-order valence-electron chi connectivity index (χ1n) is 6.75. The topological polar surface area (TPSA) is 55.6 Å². The van der Waals surface area contributed by atoms with Gasteiger partial charge in [-0.15, -0.1) is 0 Å². The highest BCUT2D eigenvalue weighted by molar-refractivity contribution is 5.96. The summed E-state index contributed by atoms with van der Waals surface area (Å²) >= 11 is 0. The first-order valence-corrected chi connectivity index (χ1v) is 6.75. The second-order valence-electron chi connectivity index (χ2n) is 4.61. The van der Waals surface area contributed by atoms with Crippen LogP contribution in [0, 0.1) is 13.8 Å². The standard InChI is InChI=1S/C15H24N2O2/c1-5-17(7-8-19-6-2)15(18)13-10-14(16)12(4)9-11(13)3/h9-10H,5-8,16H2,1-4H3. The van der Waals surface area contributed by atoms with Crippen molar-refractivity contribution in [3.05, 3.63) is 28.8 Å². The molecule has 0 aliphatic rings. The van der Waals surface area contributed by atoms with Crippen molar-refractivity contribution in [1.29, 1.82) is 0 Å². The summed E-state index contributed by atoms with van der Waals surface area (Å²) in [5, 5.41) is 0. The third-order valence-corrected chi connectivity index (χ3v) is 3.22. The molecule has 0 heterocycles. The predicted octanol–water partition coefficient (Wildman–Crippen LogP) is 2.38. The van der Waals surface area contributed by atoms with E-state index >= 15 is 0 Å². The highest BCUT2D eigenvalue weighted by atomic mass is 16.5. The number of rotatable bonds is 6. The number of benzene rings is 1. The minimum absolute atomic E-state index is 0.0198. The smallest absolute Gasteiger partial charge is 0.254 e. The molecule has 1 aromatic rings. The molecule has 0 unspecified atom stereocenters. The maximum atomic E-state index is 12.5. The molecule has 0 aliphatic carbocycles. The van der Waals surface area contributed by atoms with Gasteiger partial charge in [0.15, 0.2) is 0 Å². The van der Waals surface area contributed by atoms with Crippen molar-refractivity contribution in [2.45, 2.75) is 27.7 Å². The number of carbonyl (C=O) groups is 1. The van der Waals surface area contributed by atoms with E-state index in [1.807, 2.05) is 33.8 Å². The van der Waals surface area contributed by atoms with Gasteiger partial charge in [0.1, 0.15) is 0 Å². The molecule has 1 aromatic carbocycles. The number of anilines is 1. The van der Waals surface area contributed by atoms with Crippen LogP contribution in [0.1, 0.15) is 35.3 Å². The molecule has 4 nitrogen and oxygen atoms in total. The molecule has 0 bridgehead atoms. The molecular weight excluding hydrogens is 240 g/mol. The zero-order chi connectivity index (χ0) is 14.4. The summed E-state index contributed by atoms with van der Waals surface area (Å²) in [5.74, 6) is 0.0198. The van der Waals surface area contributed by atoms with E-state index in [1.165, 1.54) is 0 Å². The van der Waals surface area contributed by atoms with Gasteiger partial charge in [-0.05, 0) is 44.9 Å². The molecule has 0 radical (unpaired) electrons. The molecule has 0 saturated heterocycles. The van der Waals surface area contributed by atoms with Crippen LogP contribution in [0.2, 0.25) is 0 Å². The van der Waals surface area contributed by atoms with Crippen molar-refractivity contribution >= 4 is 11.6 Å². The van der Waals surface area contributed by atoms with Crippen molar-refractivity contribution < 1.29 is 9.53 Å². The van der Waals surface area contributed by atoms with Gasteiger partial charge < -0.3 is 15.4 Å². The van der Waals surface area contributed by atoms with E-state index < -0.39 is 0 Å². The lowest BCUT2D eigenvalue weighted by Crippen LogP contribution is -2.34. The number of nitrogens with zero attached hydrogens (tertiary/aromatic N) is 1. The Balaban J connectivity index is 2.88. The second kappa shape index (κ2) is 7.14. The van der Waals surface area contributed by atoms with Gasteiger partial charge in [0.05, 0.1) is 6.61 Å². The van der Waals surface area contributed by atoms with Crippen LogP contribution in [0.4, 0.5) is 5.69 Å². The molecule has 2 N–H and O–H groups in total. The molecule has 0 spiro atoms. The van der Waals surface area contributed by atoms with E-state index in [0.717, 1.165) is 11.1 Å². The van der Waals surface area contributed by atoms with Crippen LogP contribution in [0.15, 0.2) is 12.1 Å². The van der Waals surface area contributed by atoms with E-state index in [9.17, 15) is 4.79 Å². The molecule has 19 heavy (non-hydrogen) atoms. The molecule has 0 saturated carbocycles. The fraction of sp³-hybridized carbons (Fsp3) is 0.533. The highest BCUT2D eigenvalue weighted by Crippen LogP contribution is 2.19. The Morgan fingerprint density at radius 1 is 1.26 bits per heavy atom. The van der Waals surface area contributed by atoms with Crippen molar-refractivity contribution in [2.24, 2.45) is 0 Å². The van der Waals surface area contributed by atoms with Gasteiger partial charge in [0, 0.05) is 30.9 Å². The van der Waals surface area contributed by atoms with Crippen LogP contribution < -0.4 is 5.73 Å². The molecule has 4 heteroatoms. The summed E-state index contributed by atoms with van der Waals surface area (Å²) < 4.78 is 5.31. The Morgan fingerprint density at radius 2 is 1.95 bits per heavy atom. The van der Waals surface area contributed by atoms with Gasteiger partial charge in [-0.1, -0.05) is 6.07 Å². The van der Waals surface area contributed by atoms with Crippen molar-refractivity contribution in [3.63, 3.8) is 0 Å². The van der Waals surface area contributed by atoms with Crippen LogP contribution in [0.5, 0.6) is 0 Å². The molecule has 1 amide bonds. The lowest BCUT2D eigenvalue weighted by Gasteiger charge is -2.22. The monoisotopic (exact) mass is 264 g/mol. The fourth-order valence-electron chi connectivity index (χ4n) is 1.99. The highest BCUT2D eigenvalue weighted by Gasteiger charge is 2.17. The minimum atomic E-state index is 0.0198. The molecular formula is C15H24N2O2. The number of amides is 1. The first-order chi connectivity index (χ1) is 9.01. The predicted molar refractivity (Wildman–Crippen MR) is 78.4 cm³/mol. The van der Waals surface area contributed by atoms with Gasteiger partial charge in [-0.2, -0.15) is 0 Å². The van der Waals surface area contributed by atoms with Crippen molar-refractivity contribution in [2.75, 3.05) is 32.0 Å². The van der Waals surface area contributed by atoms with Crippen LogP contribution in [-0.4, -0.2) is 37.1 Å². The van der Waals surface area contributed by atoms with E-state index in [2.05, 4.69) is 0 Å². The largest absolute Gasteiger partial charge is 0.398 e. The van der Waals surface area contributed by atoms with E-state index in [0.29, 0.717) is 37.6 Å². The molecule has 1 rings (SSSR count). The summed E-state index contributed by atoms with van der Waals surface area (Å²) in [6, 6.07) is 3.73. The Kier molecular flexibility index (Phi) is 5.83. The Morgan fingerprint density at radius 3 is 2.53 bits per heavy atom. The third kappa shape index (κ3) is 3.96. The molecule has 0 aromatic heterocycles. The van der Waals surface area contributed by atoms with Gasteiger partial charge in [-0.3, -0.25) is 4.79 Å². The number of aryl methyl sites for hydroxylation is 2. The maximum Gasteiger partial charge on any atom is 0.254 e. The normalized spacial score (nSPS) is 10.5. The average molecular weight is 264 g/mol. The van der Waals surface area contributed by atoms with E-state index in [4.69, 9.17) is 10.5 Å². The number of nitrogen functional groups attached to an aromatic ring is 1. The number of hydrogen-bond donors (Lipinski definition) is 1. The zero-order valence-electron chi connectivity index (χ0n) is 12.3. The zero-order valence-corrected chi connectivity index (χ0v) is 12.3. The molecule has 0 fully saturated rings. The van der Waals surface area contributed by atoms with Crippen LogP contribution in [0.25, 0.3) is 0 Å². The second-order valence-corrected chi connectivity index (χ2v) is 4.61. The lowest BCUT2D eigenvalue weighted by molar-refractivity contribution is 0.0668. The van der Waals surface area contributed by atoms with Crippen molar-refractivity contribution in [1.82, 2.24) is 4.90 Å². The van der Waals surface area contributed by atoms with Crippen LogP contribution >= 0.6 is 0 Å². The number of likely N-dealkylation sites (N-methyl/N-ethyl adjacent to an activating group) is 1. The molecule has 0 aliphatic heterocycles. The van der Waals surface area contributed by atoms with Gasteiger partial charge in [0.25, 0.3) is 5.91 Å². The van der Waals surface area contributed by atoms with Crippen LogP contribution in [-0.2, 0) is 4.74 Å². The van der Waals surface area contributed by atoms with E-state index in [-0.39, 0.29) is 5.91 Å². The SMILES string of the molecule is CCOCCN(CC)C(=O)c1cc(N)c(C)cc1C. The van der Waals surface area contributed by atoms with Gasteiger partial charge in [-0.25, -0.2) is 0 Å². The van der Waals surface area contributed by atoms with E-state index in [1.54, 1.807) is 11.0 Å². The summed E-state index contributed by atoms with van der Waals surface area (Å²) in [6.07, 6.45) is 0. The Bertz CT molecular complexity index is 444. The van der Waals surface area contributed by atoms with Crippen molar-refractivity contribution in [3.8, 4) is 0 Å². The summed E-state index contributed by atoms with van der Waals surface area (Å²) in [7, 11) is 0. The summed E-state index contributed by atoms with van der Waals surface area (Å²) in [6.45, 7) is 10.3. The number of ether oxygens (including phenoxy) is 1.